The van der Waals surface area contributed by atoms with E-state index in [0.29, 0.717) is 10.7 Å². The van der Waals surface area contributed by atoms with Gasteiger partial charge in [-0.1, -0.05) is 18.2 Å². The van der Waals surface area contributed by atoms with Crippen LogP contribution in [0.5, 0.6) is 0 Å². The third-order valence-electron chi connectivity index (χ3n) is 5.19. The number of rotatable bonds is 7. The highest BCUT2D eigenvalue weighted by molar-refractivity contribution is 7.89. The summed E-state index contributed by atoms with van der Waals surface area (Å²) in [5.41, 5.74) is 1.64. The van der Waals surface area contributed by atoms with Gasteiger partial charge in [0, 0.05) is 42.5 Å². The maximum Gasteiger partial charge on any atom is 0.242 e. The summed E-state index contributed by atoms with van der Waals surface area (Å²) in [5.74, 6) is -0.524. The number of aromatic nitrogens is 2. The number of carbonyl (C=O) groups is 1. The molecule has 1 fully saturated rings. The van der Waals surface area contributed by atoms with Crippen molar-refractivity contribution in [1.82, 2.24) is 19.2 Å². The van der Waals surface area contributed by atoms with Gasteiger partial charge in [-0.05, 0) is 31.9 Å². The Bertz CT molecular complexity index is 1200. The van der Waals surface area contributed by atoms with E-state index in [-0.39, 0.29) is 29.5 Å². The molecule has 164 valence electrons. The van der Waals surface area contributed by atoms with E-state index >= 15 is 0 Å². The van der Waals surface area contributed by atoms with E-state index in [0.717, 1.165) is 31.6 Å². The number of benzene rings is 1. The topological polar surface area (TPSA) is 84.3 Å². The average molecular weight is 463 g/mol. The Morgan fingerprint density at radius 1 is 1.26 bits per heavy atom. The molecular weight excluding hydrogens is 439 g/mol. The van der Waals surface area contributed by atoms with E-state index in [2.05, 4.69) is 9.71 Å². The second-order valence-electron chi connectivity index (χ2n) is 7.49. The molecule has 0 bridgehead atoms. The molecule has 7 nitrogen and oxygen atoms in total. The van der Waals surface area contributed by atoms with E-state index < -0.39 is 15.8 Å². The normalized spacial score (nSPS) is 14.3. The summed E-state index contributed by atoms with van der Waals surface area (Å²) in [4.78, 5) is 19.0. The van der Waals surface area contributed by atoms with Crippen LogP contribution in [-0.4, -0.2) is 41.9 Å². The Labute approximate surface area is 184 Å². The third-order valence-corrected chi connectivity index (χ3v) is 7.55. The Kier molecular flexibility index (Phi) is 6.22. The molecule has 2 aromatic heterocycles. The molecule has 10 heteroatoms. The number of thiazole rings is 1. The van der Waals surface area contributed by atoms with Gasteiger partial charge in [-0.25, -0.2) is 22.5 Å². The fourth-order valence-electron chi connectivity index (χ4n) is 3.52. The van der Waals surface area contributed by atoms with Gasteiger partial charge in [0.1, 0.15) is 22.3 Å². The van der Waals surface area contributed by atoms with Crippen LogP contribution in [0.25, 0.3) is 10.7 Å². The van der Waals surface area contributed by atoms with Crippen LogP contribution in [0.15, 0.2) is 46.8 Å². The average Bonchev–Trinajstić information content (AvgIpc) is 3.48. The van der Waals surface area contributed by atoms with Crippen molar-refractivity contribution >= 4 is 27.3 Å². The summed E-state index contributed by atoms with van der Waals surface area (Å²) in [6.45, 7) is 3.17. The number of nitrogens with zero attached hydrogens (tertiary/aromatic N) is 3. The summed E-state index contributed by atoms with van der Waals surface area (Å²) < 4.78 is 43.7. The van der Waals surface area contributed by atoms with Crippen LogP contribution >= 0.6 is 11.3 Å². The van der Waals surface area contributed by atoms with Crippen LogP contribution < -0.4 is 4.72 Å². The molecule has 1 aliphatic rings. The van der Waals surface area contributed by atoms with Gasteiger partial charge >= 0.3 is 0 Å². The first kappa shape index (κ1) is 21.7. The first-order chi connectivity index (χ1) is 14.8. The number of sulfonamides is 1. The number of aryl methyl sites for hydroxylation is 1. The second-order valence-corrected chi connectivity index (χ2v) is 10.1. The molecule has 3 aromatic rings. The van der Waals surface area contributed by atoms with Gasteiger partial charge in [0.25, 0.3) is 0 Å². The van der Waals surface area contributed by atoms with Gasteiger partial charge in [0.15, 0.2) is 0 Å². The van der Waals surface area contributed by atoms with Gasteiger partial charge in [-0.3, -0.25) is 4.79 Å². The van der Waals surface area contributed by atoms with Crippen molar-refractivity contribution in [2.24, 2.45) is 0 Å². The molecule has 4 rings (SSSR count). The van der Waals surface area contributed by atoms with Gasteiger partial charge in [-0.2, -0.15) is 0 Å². The second kappa shape index (κ2) is 8.89. The zero-order valence-electron chi connectivity index (χ0n) is 17.0. The molecule has 1 amide bonds. The van der Waals surface area contributed by atoms with Crippen molar-refractivity contribution in [2.75, 3.05) is 13.1 Å². The summed E-state index contributed by atoms with van der Waals surface area (Å²) >= 11 is 1.39. The van der Waals surface area contributed by atoms with Crippen molar-refractivity contribution in [3.8, 4) is 10.7 Å². The first-order valence-corrected chi connectivity index (χ1v) is 12.3. The molecule has 0 radical (unpaired) electrons. The fourth-order valence-corrected chi connectivity index (χ4v) is 5.40. The first-order valence-electron chi connectivity index (χ1n) is 9.97. The van der Waals surface area contributed by atoms with Crippen LogP contribution in [0.2, 0.25) is 0 Å². The number of hydrogen-bond acceptors (Lipinski definition) is 5. The van der Waals surface area contributed by atoms with Crippen molar-refractivity contribution in [3.63, 3.8) is 0 Å². The number of halogens is 1. The largest absolute Gasteiger partial charge is 0.341 e. The predicted molar refractivity (Wildman–Crippen MR) is 117 cm³/mol. The number of likely N-dealkylation sites (tertiary alicyclic amines) is 1. The zero-order valence-corrected chi connectivity index (χ0v) is 18.7. The Balaban J connectivity index is 1.61. The summed E-state index contributed by atoms with van der Waals surface area (Å²) in [6, 6.07) is 7.52. The summed E-state index contributed by atoms with van der Waals surface area (Å²) in [6.07, 6.45) is 3.41. The molecule has 1 N–H and O–H groups in total. The summed E-state index contributed by atoms with van der Waals surface area (Å²) in [5, 5.41) is 2.52. The predicted octanol–water partition coefficient (Wildman–Crippen LogP) is 3.16. The smallest absolute Gasteiger partial charge is 0.242 e. The molecule has 31 heavy (non-hydrogen) atoms. The number of hydrogen-bond donors (Lipinski definition) is 1. The van der Waals surface area contributed by atoms with E-state index in [1.807, 2.05) is 12.3 Å². The molecule has 1 aromatic carbocycles. The van der Waals surface area contributed by atoms with E-state index in [4.69, 9.17) is 0 Å². The molecule has 1 saturated heterocycles. The zero-order chi connectivity index (χ0) is 22.0. The Hall–Kier alpha value is -2.56. The minimum atomic E-state index is -3.92. The monoisotopic (exact) mass is 462 g/mol. The third kappa shape index (κ3) is 4.86. The number of carbonyl (C=O) groups excluding carboxylic acids is 1. The van der Waals surface area contributed by atoms with Gasteiger partial charge < -0.3 is 9.47 Å². The van der Waals surface area contributed by atoms with Crippen molar-refractivity contribution in [2.45, 2.75) is 37.8 Å². The van der Waals surface area contributed by atoms with Gasteiger partial charge in [0.05, 0.1) is 5.69 Å². The Morgan fingerprint density at radius 3 is 2.68 bits per heavy atom. The lowest BCUT2D eigenvalue weighted by molar-refractivity contribution is -0.130. The molecule has 0 saturated carbocycles. The minimum absolute atomic E-state index is 0.0147. The van der Waals surface area contributed by atoms with Gasteiger partial charge in [0.2, 0.25) is 15.9 Å². The highest BCUT2D eigenvalue weighted by Crippen LogP contribution is 2.28. The SMILES string of the molecule is Cc1csc(-c2cc(S(=O)(=O)NCc3ccccc3F)cn2CC(=O)N2CCCC2)n1. The fraction of sp³-hybridized carbons (Fsp3) is 0.333. The highest BCUT2D eigenvalue weighted by Gasteiger charge is 2.24. The molecule has 0 atom stereocenters. The van der Waals surface area contributed by atoms with Crippen molar-refractivity contribution < 1.29 is 17.6 Å². The number of nitrogens with one attached hydrogen (secondary N) is 1. The number of amides is 1. The van der Waals surface area contributed by atoms with E-state index in [9.17, 15) is 17.6 Å². The lowest BCUT2D eigenvalue weighted by Crippen LogP contribution is -2.31. The molecule has 0 aliphatic carbocycles. The minimum Gasteiger partial charge on any atom is -0.341 e. The molecule has 0 spiro atoms. The summed E-state index contributed by atoms with van der Waals surface area (Å²) in [7, 11) is -3.92. The van der Waals surface area contributed by atoms with Crippen LogP contribution in [0.4, 0.5) is 4.39 Å². The molecule has 0 unspecified atom stereocenters. The standard InChI is InChI=1S/C21H23FN4O3S2/c1-15-14-30-21(24-15)19-10-17(12-26(19)13-20(27)25-8-4-5-9-25)31(28,29)23-11-16-6-2-3-7-18(16)22/h2-3,6-7,10,12,14,23H,4-5,8-9,11,13H2,1H3. The molecule has 1 aliphatic heterocycles. The van der Waals surface area contributed by atoms with Crippen LogP contribution in [0.1, 0.15) is 24.1 Å². The molecular formula is C21H23FN4O3S2. The lowest BCUT2D eigenvalue weighted by atomic mass is 10.2. The van der Waals surface area contributed by atoms with E-state index in [1.165, 1.54) is 35.7 Å². The van der Waals surface area contributed by atoms with E-state index in [1.54, 1.807) is 21.6 Å². The Morgan fingerprint density at radius 2 is 2.00 bits per heavy atom. The van der Waals surface area contributed by atoms with Crippen LogP contribution in [0, 0.1) is 12.7 Å². The van der Waals surface area contributed by atoms with Crippen molar-refractivity contribution in [1.29, 1.82) is 0 Å². The van der Waals surface area contributed by atoms with Crippen LogP contribution in [-0.2, 0) is 27.9 Å². The van der Waals surface area contributed by atoms with Crippen molar-refractivity contribution in [3.05, 3.63) is 59.0 Å². The lowest BCUT2D eigenvalue weighted by Gasteiger charge is -2.16. The van der Waals surface area contributed by atoms with Gasteiger partial charge in [-0.15, -0.1) is 11.3 Å². The molecule has 3 heterocycles. The highest BCUT2D eigenvalue weighted by atomic mass is 32.2. The maximum atomic E-state index is 13.9. The quantitative estimate of drug-likeness (QED) is 0.585. The maximum absolute atomic E-state index is 13.9. The van der Waals surface area contributed by atoms with Crippen LogP contribution in [0.3, 0.4) is 0 Å².